The molecule has 92 valence electrons. The highest BCUT2D eigenvalue weighted by Crippen LogP contribution is 2.16. The van der Waals surface area contributed by atoms with Gasteiger partial charge in [-0.2, -0.15) is 0 Å². The lowest BCUT2D eigenvalue weighted by Crippen LogP contribution is -2.26. The number of carbonyl (C=O) groups is 1. The third-order valence-corrected chi connectivity index (χ3v) is 2.79. The van der Waals surface area contributed by atoms with Gasteiger partial charge < -0.3 is 4.90 Å². The summed E-state index contributed by atoms with van der Waals surface area (Å²) >= 11 is 5.94. The quantitative estimate of drug-likeness (QED) is 0.852. The summed E-state index contributed by atoms with van der Waals surface area (Å²) in [6.07, 6.45) is 6.45. The molecular weight excluding hydrogens is 250 g/mol. The molecule has 0 spiro atoms. The van der Waals surface area contributed by atoms with Gasteiger partial charge in [0.05, 0.1) is 10.6 Å². The molecule has 0 aliphatic rings. The van der Waals surface area contributed by atoms with E-state index in [9.17, 15) is 4.79 Å². The summed E-state index contributed by atoms with van der Waals surface area (Å²) in [5.41, 5.74) is 1.43. The first-order chi connectivity index (χ1) is 8.68. The summed E-state index contributed by atoms with van der Waals surface area (Å²) in [5.74, 6) is -0.133. The Morgan fingerprint density at radius 2 is 2.06 bits per heavy atom. The van der Waals surface area contributed by atoms with Gasteiger partial charge in [-0.15, -0.1) is 0 Å². The average Bonchev–Trinajstić information content (AvgIpc) is 2.39. The number of amides is 1. The number of hydrogen-bond acceptors (Lipinski definition) is 3. The standard InChI is InChI=1S/C13H12ClN3O/c1-17(9-10-3-2-5-15-7-10)13(18)11-4-6-16-8-12(11)14/h2-8H,9H2,1H3. The lowest BCUT2D eigenvalue weighted by atomic mass is 10.2. The van der Waals surface area contributed by atoms with Gasteiger partial charge in [0, 0.05) is 38.4 Å². The van der Waals surface area contributed by atoms with Crippen LogP contribution < -0.4 is 0 Å². The molecule has 0 N–H and O–H groups in total. The van der Waals surface area contributed by atoms with Gasteiger partial charge in [-0.3, -0.25) is 14.8 Å². The van der Waals surface area contributed by atoms with E-state index < -0.39 is 0 Å². The minimum atomic E-state index is -0.133. The number of nitrogens with zero attached hydrogens (tertiary/aromatic N) is 3. The molecule has 5 heteroatoms. The summed E-state index contributed by atoms with van der Waals surface area (Å²) in [7, 11) is 1.73. The van der Waals surface area contributed by atoms with Crippen molar-refractivity contribution >= 4 is 17.5 Å². The van der Waals surface area contributed by atoms with Crippen molar-refractivity contribution in [1.82, 2.24) is 14.9 Å². The van der Waals surface area contributed by atoms with Gasteiger partial charge in [-0.05, 0) is 17.7 Å². The fourth-order valence-electron chi connectivity index (χ4n) is 1.59. The number of pyridine rings is 2. The number of hydrogen-bond donors (Lipinski definition) is 0. The van der Waals surface area contributed by atoms with Crippen molar-refractivity contribution in [2.75, 3.05) is 7.05 Å². The Balaban J connectivity index is 2.13. The Bertz CT molecular complexity index is 545. The Morgan fingerprint density at radius 3 is 2.72 bits per heavy atom. The van der Waals surface area contributed by atoms with Crippen LogP contribution in [-0.4, -0.2) is 27.8 Å². The largest absolute Gasteiger partial charge is 0.337 e. The number of carbonyl (C=O) groups excluding carboxylic acids is 1. The molecule has 0 atom stereocenters. The molecule has 0 unspecified atom stereocenters. The van der Waals surface area contributed by atoms with E-state index >= 15 is 0 Å². The van der Waals surface area contributed by atoms with Gasteiger partial charge >= 0.3 is 0 Å². The van der Waals surface area contributed by atoms with Crippen LogP contribution in [0.3, 0.4) is 0 Å². The van der Waals surface area contributed by atoms with E-state index in [0.29, 0.717) is 17.1 Å². The highest BCUT2D eigenvalue weighted by atomic mass is 35.5. The second-order valence-corrected chi connectivity index (χ2v) is 4.29. The van der Waals surface area contributed by atoms with Gasteiger partial charge in [0.1, 0.15) is 0 Å². The Hall–Kier alpha value is -1.94. The van der Waals surface area contributed by atoms with Crippen molar-refractivity contribution in [3.05, 3.63) is 59.1 Å². The fraction of sp³-hybridized carbons (Fsp3) is 0.154. The molecule has 2 aromatic heterocycles. The van der Waals surface area contributed by atoms with Crippen molar-refractivity contribution < 1.29 is 4.79 Å². The molecule has 0 aromatic carbocycles. The normalized spacial score (nSPS) is 10.1. The van der Waals surface area contributed by atoms with Crippen LogP contribution in [0.2, 0.25) is 5.02 Å². The number of aromatic nitrogens is 2. The zero-order chi connectivity index (χ0) is 13.0. The maximum absolute atomic E-state index is 12.2. The van der Waals surface area contributed by atoms with E-state index in [1.807, 2.05) is 12.1 Å². The molecule has 2 heterocycles. The summed E-state index contributed by atoms with van der Waals surface area (Å²) in [4.78, 5) is 21.6. The van der Waals surface area contributed by atoms with E-state index in [1.165, 1.54) is 6.20 Å². The molecule has 1 amide bonds. The zero-order valence-corrected chi connectivity index (χ0v) is 10.6. The molecule has 0 aliphatic carbocycles. The van der Waals surface area contributed by atoms with Gasteiger partial charge in [-0.25, -0.2) is 0 Å². The average molecular weight is 262 g/mol. The topological polar surface area (TPSA) is 46.1 Å². The first-order valence-electron chi connectivity index (χ1n) is 5.42. The molecule has 0 saturated carbocycles. The smallest absolute Gasteiger partial charge is 0.255 e. The predicted octanol–water partition coefficient (Wildman–Crippen LogP) is 2.40. The molecule has 4 nitrogen and oxygen atoms in total. The van der Waals surface area contributed by atoms with E-state index in [4.69, 9.17) is 11.6 Å². The van der Waals surface area contributed by atoms with Gasteiger partial charge in [0.2, 0.25) is 0 Å². The molecular formula is C13H12ClN3O. The number of halogens is 1. The van der Waals surface area contributed by atoms with Crippen LogP contribution in [0.25, 0.3) is 0 Å². The maximum atomic E-state index is 12.2. The Morgan fingerprint density at radius 1 is 1.28 bits per heavy atom. The Labute approximate surface area is 110 Å². The molecule has 0 saturated heterocycles. The Kier molecular flexibility index (Phi) is 3.89. The van der Waals surface area contributed by atoms with Crippen LogP contribution in [0.4, 0.5) is 0 Å². The second-order valence-electron chi connectivity index (χ2n) is 3.88. The third-order valence-electron chi connectivity index (χ3n) is 2.49. The van der Waals surface area contributed by atoms with Gasteiger partial charge in [0.15, 0.2) is 0 Å². The molecule has 2 aromatic rings. The summed E-state index contributed by atoms with van der Waals surface area (Å²) in [6.45, 7) is 0.491. The molecule has 2 rings (SSSR count). The lowest BCUT2D eigenvalue weighted by molar-refractivity contribution is 0.0785. The second kappa shape index (κ2) is 5.60. The van der Waals surface area contributed by atoms with Crippen LogP contribution in [0.1, 0.15) is 15.9 Å². The van der Waals surface area contributed by atoms with Crippen LogP contribution in [0, 0.1) is 0 Å². The van der Waals surface area contributed by atoms with Crippen LogP contribution in [0.5, 0.6) is 0 Å². The molecule has 0 fully saturated rings. The molecule has 0 radical (unpaired) electrons. The highest BCUT2D eigenvalue weighted by molar-refractivity contribution is 6.33. The minimum Gasteiger partial charge on any atom is -0.337 e. The minimum absolute atomic E-state index is 0.133. The molecule has 0 aliphatic heterocycles. The lowest BCUT2D eigenvalue weighted by Gasteiger charge is -2.17. The summed E-state index contributed by atoms with van der Waals surface area (Å²) in [6, 6.07) is 5.38. The van der Waals surface area contributed by atoms with Crippen molar-refractivity contribution in [2.24, 2.45) is 0 Å². The number of rotatable bonds is 3. The van der Waals surface area contributed by atoms with Gasteiger partial charge in [0.25, 0.3) is 5.91 Å². The van der Waals surface area contributed by atoms with E-state index in [-0.39, 0.29) is 5.91 Å². The van der Waals surface area contributed by atoms with Gasteiger partial charge in [-0.1, -0.05) is 17.7 Å². The zero-order valence-electron chi connectivity index (χ0n) is 9.88. The van der Waals surface area contributed by atoms with Crippen molar-refractivity contribution in [1.29, 1.82) is 0 Å². The van der Waals surface area contributed by atoms with Crippen LogP contribution >= 0.6 is 11.6 Å². The van der Waals surface area contributed by atoms with Crippen LogP contribution in [-0.2, 0) is 6.54 Å². The van der Waals surface area contributed by atoms with Crippen molar-refractivity contribution in [3.63, 3.8) is 0 Å². The van der Waals surface area contributed by atoms with Crippen molar-refractivity contribution in [3.8, 4) is 0 Å². The van der Waals surface area contributed by atoms with E-state index in [2.05, 4.69) is 9.97 Å². The van der Waals surface area contributed by atoms with Crippen molar-refractivity contribution in [2.45, 2.75) is 6.54 Å². The third kappa shape index (κ3) is 2.84. The summed E-state index contributed by atoms with van der Waals surface area (Å²) < 4.78 is 0. The van der Waals surface area contributed by atoms with E-state index in [1.54, 1.807) is 36.6 Å². The summed E-state index contributed by atoms with van der Waals surface area (Å²) in [5, 5.41) is 0.362. The maximum Gasteiger partial charge on any atom is 0.255 e. The molecule has 0 bridgehead atoms. The molecule has 18 heavy (non-hydrogen) atoms. The first-order valence-corrected chi connectivity index (χ1v) is 5.80. The monoisotopic (exact) mass is 261 g/mol. The van der Waals surface area contributed by atoms with Crippen LogP contribution in [0.15, 0.2) is 43.0 Å². The fourth-order valence-corrected chi connectivity index (χ4v) is 1.79. The predicted molar refractivity (Wildman–Crippen MR) is 69.3 cm³/mol. The highest BCUT2D eigenvalue weighted by Gasteiger charge is 2.15. The SMILES string of the molecule is CN(Cc1cccnc1)C(=O)c1ccncc1Cl. The van der Waals surface area contributed by atoms with E-state index in [0.717, 1.165) is 5.56 Å². The first kappa shape index (κ1) is 12.5.